The molecule has 2 heterocycles. The van der Waals surface area contributed by atoms with Gasteiger partial charge in [0, 0.05) is 11.4 Å². The van der Waals surface area contributed by atoms with Crippen LogP contribution in [0.2, 0.25) is 0 Å². The molecule has 0 saturated carbocycles. The first-order valence-electron chi connectivity index (χ1n) is 6.51. The van der Waals surface area contributed by atoms with E-state index in [1.54, 1.807) is 15.9 Å². The lowest BCUT2D eigenvalue weighted by molar-refractivity contribution is 0.708. The zero-order valence-electron chi connectivity index (χ0n) is 11.1. The van der Waals surface area contributed by atoms with Crippen molar-refractivity contribution >= 4 is 34.4 Å². The highest BCUT2D eigenvalue weighted by molar-refractivity contribution is 7.10. The third kappa shape index (κ3) is 2.30. The normalized spacial score (nSPS) is 11.4. The highest BCUT2D eigenvalue weighted by Gasteiger charge is 2.06. The number of thiophene rings is 1. The van der Waals surface area contributed by atoms with E-state index in [4.69, 9.17) is 0 Å². The summed E-state index contributed by atoms with van der Waals surface area (Å²) in [7, 11) is 0. The van der Waals surface area contributed by atoms with Crippen LogP contribution < -0.4 is 5.56 Å². The number of nitrogens with zero attached hydrogens (tertiary/aromatic N) is 2. The summed E-state index contributed by atoms with van der Waals surface area (Å²) < 4.78 is 1.70. The van der Waals surface area contributed by atoms with Crippen LogP contribution in [0.25, 0.3) is 23.1 Å². The maximum atomic E-state index is 12.4. The number of para-hydroxylation sites is 1. The van der Waals surface area contributed by atoms with E-state index in [2.05, 4.69) is 4.98 Å². The third-order valence-electron chi connectivity index (χ3n) is 3.15. The SMILES string of the molecule is CCn1c(C=Cc2cccs2)nc2ccccc2c1=O. The van der Waals surface area contributed by atoms with Gasteiger partial charge in [-0.05, 0) is 42.7 Å². The van der Waals surface area contributed by atoms with E-state index < -0.39 is 0 Å². The van der Waals surface area contributed by atoms with Crippen molar-refractivity contribution in [3.05, 3.63) is 62.8 Å². The summed E-state index contributed by atoms with van der Waals surface area (Å²) in [5, 5.41) is 2.70. The molecule has 0 aliphatic rings. The zero-order chi connectivity index (χ0) is 13.9. The van der Waals surface area contributed by atoms with E-state index in [-0.39, 0.29) is 5.56 Å². The van der Waals surface area contributed by atoms with Gasteiger partial charge in [-0.15, -0.1) is 11.3 Å². The molecule has 0 aliphatic carbocycles. The Morgan fingerprint density at radius 3 is 2.80 bits per heavy atom. The molecule has 3 rings (SSSR count). The van der Waals surface area contributed by atoms with Crippen LogP contribution in [0, 0.1) is 0 Å². The molecule has 0 unspecified atom stereocenters. The Morgan fingerprint density at radius 1 is 1.20 bits per heavy atom. The van der Waals surface area contributed by atoms with E-state index >= 15 is 0 Å². The van der Waals surface area contributed by atoms with Crippen molar-refractivity contribution < 1.29 is 0 Å². The molecule has 2 aromatic heterocycles. The molecule has 100 valence electrons. The van der Waals surface area contributed by atoms with Gasteiger partial charge in [0.1, 0.15) is 5.82 Å². The number of aromatic nitrogens is 2. The fourth-order valence-corrected chi connectivity index (χ4v) is 2.78. The Bertz CT molecular complexity index is 816. The lowest BCUT2D eigenvalue weighted by atomic mass is 10.2. The third-order valence-corrected chi connectivity index (χ3v) is 3.98. The fourth-order valence-electron chi connectivity index (χ4n) is 2.16. The van der Waals surface area contributed by atoms with Crippen molar-refractivity contribution in [3.8, 4) is 0 Å². The number of benzene rings is 1. The minimum Gasteiger partial charge on any atom is -0.293 e. The zero-order valence-corrected chi connectivity index (χ0v) is 11.9. The van der Waals surface area contributed by atoms with Gasteiger partial charge in [0.2, 0.25) is 0 Å². The fraction of sp³-hybridized carbons (Fsp3) is 0.125. The maximum absolute atomic E-state index is 12.4. The first-order valence-corrected chi connectivity index (χ1v) is 7.38. The molecular formula is C16H14N2OS. The van der Waals surface area contributed by atoms with Crippen molar-refractivity contribution in [1.29, 1.82) is 0 Å². The summed E-state index contributed by atoms with van der Waals surface area (Å²) in [5.74, 6) is 0.699. The standard InChI is InChI=1S/C16H14N2OS/c1-2-18-15(10-9-12-6-5-11-20-12)17-14-8-4-3-7-13(14)16(18)19/h3-11H,2H2,1H3. The number of hydrogen-bond donors (Lipinski definition) is 0. The summed E-state index contributed by atoms with van der Waals surface area (Å²) in [4.78, 5) is 18.2. The lowest BCUT2D eigenvalue weighted by Crippen LogP contribution is -2.22. The molecule has 0 radical (unpaired) electrons. The van der Waals surface area contributed by atoms with Gasteiger partial charge in [-0.1, -0.05) is 18.2 Å². The van der Waals surface area contributed by atoms with Gasteiger partial charge in [0.15, 0.2) is 0 Å². The summed E-state index contributed by atoms with van der Waals surface area (Å²) in [5.41, 5.74) is 0.761. The second-order valence-corrected chi connectivity index (χ2v) is 5.36. The molecule has 0 saturated heterocycles. The summed E-state index contributed by atoms with van der Waals surface area (Å²) in [6, 6.07) is 11.5. The smallest absolute Gasteiger partial charge is 0.261 e. The van der Waals surface area contributed by atoms with Gasteiger partial charge in [0.25, 0.3) is 5.56 Å². The molecule has 0 amide bonds. The highest BCUT2D eigenvalue weighted by atomic mass is 32.1. The molecule has 1 aromatic carbocycles. The Hall–Kier alpha value is -2.20. The van der Waals surface area contributed by atoms with Gasteiger partial charge >= 0.3 is 0 Å². The molecule has 0 fully saturated rings. The predicted molar refractivity (Wildman–Crippen MR) is 84.9 cm³/mol. The molecule has 0 N–H and O–H groups in total. The van der Waals surface area contributed by atoms with Gasteiger partial charge in [0.05, 0.1) is 10.9 Å². The van der Waals surface area contributed by atoms with E-state index in [9.17, 15) is 4.79 Å². The highest BCUT2D eigenvalue weighted by Crippen LogP contribution is 2.14. The summed E-state index contributed by atoms with van der Waals surface area (Å²) in [6.45, 7) is 2.57. The Labute approximate surface area is 120 Å². The average Bonchev–Trinajstić information content (AvgIpc) is 2.99. The Kier molecular flexibility index (Phi) is 3.48. The lowest BCUT2D eigenvalue weighted by Gasteiger charge is -2.08. The van der Waals surface area contributed by atoms with E-state index in [0.717, 1.165) is 10.4 Å². The maximum Gasteiger partial charge on any atom is 0.261 e. The van der Waals surface area contributed by atoms with Gasteiger partial charge in [-0.3, -0.25) is 9.36 Å². The van der Waals surface area contributed by atoms with Gasteiger partial charge in [-0.25, -0.2) is 4.98 Å². The summed E-state index contributed by atoms with van der Waals surface area (Å²) in [6.07, 6.45) is 3.90. The number of hydrogen-bond acceptors (Lipinski definition) is 3. The molecule has 3 aromatic rings. The first kappa shape index (κ1) is 12.8. The second kappa shape index (κ2) is 5.43. The Balaban J connectivity index is 2.17. The molecular weight excluding hydrogens is 268 g/mol. The summed E-state index contributed by atoms with van der Waals surface area (Å²) >= 11 is 1.66. The molecule has 4 heteroatoms. The van der Waals surface area contributed by atoms with Crippen LogP contribution in [-0.4, -0.2) is 9.55 Å². The second-order valence-electron chi connectivity index (χ2n) is 4.39. The van der Waals surface area contributed by atoms with Crippen molar-refractivity contribution in [1.82, 2.24) is 9.55 Å². The molecule has 3 nitrogen and oxygen atoms in total. The van der Waals surface area contributed by atoms with Crippen LogP contribution in [0.3, 0.4) is 0 Å². The largest absolute Gasteiger partial charge is 0.293 e. The quantitative estimate of drug-likeness (QED) is 0.735. The van der Waals surface area contributed by atoms with Gasteiger partial charge in [-0.2, -0.15) is 0 Å². The molecule has 0 atom stereocenters. The van der Waals surface area contributed by atoms with Crippen LogP contribution in [0.4, 0.5) is 0 Å². The average molecular weight is 282 g/mol. The van der Waals surface area contributed by atoms with Crippen LogP contribution in [0.15, 0.2) is 46.6 Å². The molecule has 0 aliphatic heterocycles. The van der Waals surface area contributed by atoms with Crippen molar-refractivity contribution in [3.63, 3.8) is 0 Å². The number of fused-ring (bicyclic) bond motifs is 1. The van der Waals surface area contributed by atoms with Crippen LogP contribution in [0.5, 0.6) is 0 Å². The molecule has 20 heavy (non-hydrogen) atoms. The number of rotatable bonds is 3. The monoisotopic (exact) mass is 282 g/mol. The topological polar surface area (TPSA) is 34.9 Å². The molecule has 0 spiro atoms. The van der Waals surface area contributed by atoms with Crippen LogP contribution in [-0.2, 0) is 6.54 Å². The van der Waals surface area contributed by atoms with Crippen molar-refractivity contribution in [2.24, 2.45) is 0 Å². The Morgan fingerprint density at radius 2 is 2.05 bits per heavy atom. The minimum absolute atomic E-state index is 0.0175. The van der Waals surface area contributed by atoms with Gasteiger partial charge < -0.3 is 0 Å². The van der Waals surface area contributed by atoms with E-state index in [1.165, 1.54) is 0 Å². The first-order chi connectivity index (χ1) is 9.79. The van der Waals surface area contributed by atoms with Crippen LogP contribution in [0.1, 0.15) is 17.6 Å². The minimum atomic E-state index is 0.0175. The molecule has 0 bridgehead atoms. The predicted octanol–water partition coefficient (Wildman–Crippen LogP) is 3.65. The van der Waals surface area contributed by atoms with Crippen molar-refractivity contribution in [2.75, 3.05) is 0 Å². The van der Waals surface area contributed by atoms with E-state index in [0.29, 0.717) is 17.8 Å². The van der Waals surface area contributed by atoms with Crippen LogP contribution >= 0.6 is 11.3 Å². The van der Waals surface area contributed by atoms with Crippen molar-refractivity contribution in [2.45, 2.75) is 13.5 Å². The van der Waals surface area contributed by atoms with E-state index in [1.807, 2.05) is 60.9 Å².